The number of fused-ring (bicyclic) bond motifs is 1. The summed E-state index contributed by atoms with van der Waals surface area (Å²) in [7, 11) is 0. The minimum atomic E-state index is -4.42. The predicted molar refractivity (Wildman–Crippen MR) is 130 cm³/mol. The first-order valence-electron chi connectivity index (χ1n) is 13.2. The number of carbonyl (C=O) groups is 2. The monoisotopic (exact) mass is 568 g/mol. The second-order valence-electron chi connectivity index (χ2n) is 10.5. The summed E-state index contributed by atoms with van der Waals surface area (Å²) in [6.45, 7) is 1.85. The lowest BCUT2D eigenvalue weighted by molar-refractivity contribution is -0.183. The van der Waals surface area contributed by atoms with E-state index in [-0.39, 0.29) is 50.2 Å². The molecule has 0 radical (unpaired) electrons. The molecule has 40 heavy (non-hydrogen) atoms. The molecule has 2 aliphatic rings. The van der Waals surface area contributed by atoms with E-state index in [1.54, 1.807) is 6.07 Å². The van der Waals surface area contributed by atoms with Gasteiger partial charge in [0.1, 0.15) is 5.69 Å². The number of amides is 2. The highest BCUT2D eigenvalue weighted by Crippen LogP contribution is 2.41. The molecular formula is C25H29F5N8O2. The zero-order valence-electron chi connectivity index (χ0n) is 21.7. The van der Waals surface area contributed by atoms with Crippen LogP contribution in [-0.2, 0) is 17.8 Å². The Hall–Kier alpha value is -3.65. The van der Waals surface area contributed by atoms with Gasteiger partial charge in [0.15, 0.2) is 0 Å². The Balaban J connectivity index is 1.39. The first kappa shape index (κ1) is 27.9. The molecule has 1 saturated carbocycles. The number of hydrogen-bond donors (Lipinski definition) is 2. The molecule has 0 bridgehead atoms. The van der Waals surface area contributed by atoms with E-state index in [1.807, 2.05) is 6.92 Å². The van der Waals surface area contributed by atoms with E-state index in [2.05, 4.69) is 30.8 Å². The Morgan fingerprint density at radius 2 is 2.02 bits per heavy atom. The molecule has 4 heterocycles. The van der Waals surface area contributed by atoms with Gasteiger partial charge in [-0.1, -0.05) is 0 Å². The van der Waals surface area contributed by atoms with E-state index in [4.69, 9.17) is 0 Å². The molecule has 5 rings (SSSR count). The minimum Gasteiger partial charge on any atom is -0.355 e. The number of carbonyl (C=O) groups excluding carboxylic acids is 2. The standard InChI is InChI=1S/C25H29F5N8O2/c1-2-37-19(5-8-33-37)22(40)35-20(14-3-6-24(26,27)7-4-14)18-13-38-23(34-18)32-12-17(36-38)10-15-9-16(25(28,29)30)11-31-21(15)39/h5,8,12-16,20H,2-4,6-7,9-11H2,1H3,(H,31,39)(H,35,40). The van der Waals surface area contributed by atoms with Gasteiger partial charge in [-0.25, -0.2) is 23.3 Å². The highest BCUT2D eigenvalue weighted by molar-refractivity contribution is 5.92. The van der Waals surface area contributed by atoms with Gasteiger partial charge in [-0.15, -0.1) is 0 Å². The van der Waals surface area contributed by atoms with Crippen molar-refractivity contribution < 1.29 is 31.5 Å². The number of alkyl halides is 5. The van der Waals surface area contributed by atoms with Crippen molar-refractivity contribution in [3.05, 3.63) is 41.7 Å². The number of imidazole rings is 1. The molecule has 0 spiro atoms. The summed E-state index contributed by atoms with van der Waals surface area (Å²) in [5.74, 6) is -6.38. The molecule has 2 amide bonds. The molecule has 1 aliphatic heterocycles. The molecule has 3 aromatic rings. The summed E-state index contributed by atoms with van der Waals surface area (Å²) >= 11 is 0. The van der Waals surface area contributed by atoms with Gasteiger partial charge in [-0.05, 0) is 38.2 Å². The number of piperidine rings is 1. The van der Waals surface area contributed by atoms with Crippen molar-refractivity contribution in [1.29, 1.82) is 0 Å². The lowest BCUT2D eigenvalue weighted by Crippen LogP contribution is -2.47. The molecule has 3 atom stereocenters. The maximum atomic E-state index is 13.9. The summed E-state index contributed by atoms with van der Waals surface area (Å²) in [5.41, 5.74) is 0.985. The van der Waals surface area contributed by atoms with Crippen LogP contribution in [0.3, 0.4) is 0 Å². The number of halogens is 5. The maximum Gasteiger partial charge on any atom is 0.393 e. The fourth-order valence-electron chi connectivity index (χ4n) is 5.48. The molecular weight excluding hydrogens is 539 g/mol. The molecule has 10 nitrogen and oxygen atoms in total. The second-order valence-corrected chi connectivity index (χ2v) is 10.5. The van der Waals surface area contributed by atoms with E-state index in [0.717, 1.165) is 0 Å². The van der Waals surface area contributed by atoms with Crippen molar-refractivity contribution in [2.24, 2.45) is 17.8 Å². The van der Waals surface area contributed by atoms with Crippen LogP contribution in [0.25, 0.3) is 5.78 Å². The fraction of sp³-hybridized carbons (Fsp3) is 0.600. The lowest BCUT2D eigenvalue weighted by atomic mass is 9.81. The number of aromatic nitrogens is 6. The highest BCUT2D eigenvalue weighted by Gasteiger charge is 2.45. The number of aryl methyl sites for hydroxylation is 1. The first-order chi connectivity index (χ1) is 18.9. The van der Waals surface area contributed by atoms with Crippen molar-refractivity contribution >= 4 is 17.6 Å². The third-order valence-electron chi connectivity index (χ3n) is 7.72. The van der Waals surface area contributed by atoms with Crippen molar-refractivity contribution in [2.75, 3.05) is 6.54 Å². The van der Waals surface area contributed by atoms with Gasteiger partial charge in [0.2, 0.25) is 11.8 Å². The third-order valence-corrected chi connectivity index (χ3v) is 7.72. The molecule has 3 aromatic heterocycles. The van der Waals surface area contributed by atoms with E-state index < -0.39 is 48.3 Å². The Bertz CT molecular complexity index is 1380. The van der Waals surface area contributed by atoms with Crippen molar-refractivity contribution in [3.63, 3.8) is 0 Å². The molecule has 216 valence electrons. The van der Waals surface area contributed by atoms with Crippen LogP contribution in [0.5, 0.6) is 0 Å². The Kier molecular flexibility index (Phi) is 7.48. The second kappa shape index (κ2) is 10.7. The first-order valence-corrected chi connectivity index (χ1v) is 13.2. The zero-order chi connectivity index (χ0) is 28.7. The molecule has 2 N–H and O–H groups in total. The molecule has 1 saturated heterocycles. The Morgan fingerprint density at radius 1 is 1.27 bits per heavy atom. The van der Waals surface area contributed by atoms with Crippen LogP contribution in [0.4, 0.5) is 22.0 Å². The average Bonchev–Trinajstić information content (AvgIpc) is 3.55. The molecule has 0 aromatic carbocycles. The molecule has 3 unspecified atom stereocenters. The lowest BCUT2D eigenvalue weighted by Gasteiger charge is -2.33. The Morgan fingerprint density at radius 3 is 2.73 bits per heavy atom. The SMILES string of the molecule is CCn1nccc1C(=O)NC(c1cn2nc(CC3CC(C(F)(F)F)CNC3=O)cnc2n1)C1CCC(F)(F)CC1. The third kappa shape index (κ3) is 5.92. The topological polar surface area (TPSA) is 119 Å². The normalized spacial score (nSPS) is 22.7. The van der Waals surface area contributed by atoms with Gasteiger partial charge in [0.05, 0.1) is 35.7 Å². The van der Waals surface area contributed by atoms with Gasteiger partial charge in [0.25, 0.3) is 11.7 Å². The highest BCUT2D eigenvalue weighted by atomic mass is 19.4. The van der Waals surface area contributed by atoms with E-state index in [0.29, 0.717) is 23.6 Å². The largest absolute Gasteiger partial charge is 0.393 e. The summed E-state index contributed by atoms with van der Waals surface area (Å²) in [5, 5.41) is 13.8. The Labute approximate surface area is 225 Å². The van der Waals surface area contributed by atoms with Crippen molar-refractivity contribution in [1.82, 2.24) is 40.0 Å². The summed E-state index contributed by atoms with van der Waals surface area (Å²) < 4.78 is 70.3. The van der Waals surface area contributed by atoms with Crippen LogP contribution < -0.4 is 10.6 Å². The van der Waals surface area contributed by atoms with Gasteiger partial charge < -0.3 is 10.6 Å². The van der Waals surface area contributed by atoms with Crippen molar-refractivity contribution in [2.45, 2.75) is 70.1 Å². The van der Waals surface area contributed by atoms with Crippen LogP contribution in [0, 0.1) is 17.8 Å². The summed E-state index contributed by atoms with van der Waals surface area (Å²) in [4.78, 5) is 34.1. The number of nitrogens with zero attached hydrogens (tertiary/aromatic N) is 6. The maximum absolute atomic E-state index is 13.9. The fourth-order valence-corrected chi connectivity index (χ4v) is 5.48. The predicted octanol–water partition coefficient (Wildman–Crippen LogP) is 3.49. The molecule has 1 aliphatic carbocycles. The van der Waals surface area contributed by atoms with E-state index >= 15 is 0 Å². The van der Waals surface area contributed by atoms with Gasteiger partial charge in [-0.3, -0.25) is 14.3 Å². The zero-order valence-corrected chi connectivity index (χ0v) is 21.7. The summed E-state index contributed by atoms with van der Waals surface area (Å²) in [6, 6.07) is 0.849. The van der Waals surface area contributed by atoms with Crippen molar-refractivity contribution in [3.8, 4) is 0 Å². The number of rotatable bonds is 7. The smallest absolute Gasteiger partial charge is 0.355 e. The van der Waals surface area contributed by atoms with Crippen LogP contribution in [0.1, 0.15) is 66.9 Å². The number of nitrogens with one attached hydrogen (secondary N) is 2. The van der Waals surface area contributed by atoms with Gasteiger partial charge in [-0.2, -0.15) is 23.4 Å². The quantitative estimate of drug-likeness (QED) is 0.422. The van der Waals surface area contributed by atoms with E-state index in [1.165, 1.54) is 27.8 Å². The molecule has 15 heteroatoms. The van der Waals surface area contributed by atoms with Crippen LogP contribution in [0.15, 0.2) is 24.7 Å². The average molecular weight is 569 g/mol. The van der Waals surface area contributed by atoms with Gasteiger partial charge in [0, 0.05) is 44.5 Å². The van der Waals surface area contributed by atoms with Crippen LogP contribution >= 0.6 is 0 Å². The van der Waals surface area contributed by atoms with Gasteiger partial charge >= 0.3 is 6.18 Å². The number of hydrogen-bond acceptors (Lipinski definition) is 6. The minimum absolute atomic E-state index is 0.0479. The summed E-state index contributed by atoms with van der Waals surface area (Å²) in [6.07, 6.45) is -0.723. The van der Waals surface area contributed by atoms with Crippen LogP contribution in [-0.4, -0.2) is 59.8 Å². The molecule has 2 fully saturated rings. The van der Waals surface area contributed by atoms with Crippen LogP contribution in [0.2, 0.25) is 0 Å². The van der Waals surface area contributed by atoms with E-state index in [9.17, 15) is 31.5 Å².